The molecule has 10 heteroatoms. The van der Waals surface area contributed by atoms with Gasteiger partial charge in [-0.25, -0.2) is 4.98 Å². The van der Waals surface area contributed by atoms with E-state index in [0.29, 0.717) is 12.0 Å². The van der Waals surface area contributed by atoms with Crippen LogP contribution in [0.4, 0.5) is 11.5 Å². The largest absolute Gasteiger partial charge is 0.468 e. The van der Waals surface area contributed by atoms with E-state index in [1.165, 1.54) is 7.11 Å². The first-order chi connectivity index (χ1) is 13.9. The highest BCUT2D eigenvalue weighted by molar-refractivity contribution is 8.00. The normalized spacial score (nSPS) is 11.4. The molecule has 0 bridgehead atoms. The third-order valence-corrected chi connectivity index (χ3v) is 5.07. The summed E-state index contributed by atoms with van der Waals surface area (Å²) in [6.07, 6.45) is 0.604. The highest BCUT2D eigenvalue weighted by Crippen LogP contribution is 2.25. The molecule has 0 unspecified atom stereocenters. The summed E-state index contributed by atoms with van der Waals surface area (Å²) in [7, 11) is 1.27. The summed E-state index contributed by atoms with van der Waals surface area (Å²) >= 11 is 1.00. The zero-order chi connectivity index (χ0) is 21.4. The summed E-state index contributed by atoms with van der Waals surface area (Å²) in [4.78, 5) is 55.5. The molecular weight excluding hydrogens is 396 g/mol. The first-order valence-electron chi connectivity index (χ1n) is 8.94. The first kappa shape index (κ1) is 22.2. The van der Waals surface area contributed by atoms with Crippen LogP contribution in [-0.4, -0.2) is 40.1 Å². The van der Waals surface area contributed by atoms with Crippen LogP contribution in [0.15, 0.2) is 40.3 Å². The number of H-pyrrole nitrogens is 1. The smallest absolute Gasteiger partial charge is 0.319 e. The van der Waals surface area contributed by atoms with Crippen LogP contribution in [0.3, 0.4) is 0 Å². The number of esters is 1. The standard InChI is InChI=1S/C19H22N4O5S/c1-4-12(18(27)28-3)29-19-22-15(20-13(24)5-2)14(17(26)23-19)21-16(25)11-9-7-6-8-10-11/h6-10,12H,4-5H2,1-3H3,(H,21,25)(H2,20,22,23,24,26)/t12-/m1/s1. The maximum atomic E-state index is 12.6. The van der Waals surface area contributed by atoms with Crippen molar-refractivity contribution in [3.8, 4) is 0 Å². The van der Waals surface area contributed by atoms with Gasteiger partial charge in [0.1, 0.15) is 5.25 Å². The number of nitrogens with one attached hydrogen (secondary N) is 3. The van der Waals surface area contributed by atoms with E-state index >= 15 is 0 Å². The number of carbonyl (C=O) groups excluding carboxylic acids is 3. The zero-order valence-electron chi connectivity index (χ0n) is 16.3. The number of benzene rings is 1. The second-order valence-corrected chi connectivity index (χ2v) is 7.05. The van der Waals surface area contributed by atoms with Crippen LogP contribution >= 0.6 is 11.8 Å². The first-order valence-corrected chi connectivity index (χ1v) is 9.82. The van der Waals surface area contributed by atoms with Crippen molar-refractivity contribution in [2.24, 2.45) is 0 Å². The number of thioether (sulfide) groups is 1. The fraction of sp³-hybridized carbons (Fsp3) is 0.316. The number of carbonyl (C=O) groups is 3. The molecule has 2 rings (SSSR count). The Morgan fingerprint density at radius 2 is 1.86 bits per heavy atom. The van der Waals surface area contributed by atoms with Gasteiger partial charge in [0.25, 0.3) is 11.5 Å². The maximum absolute atomic E-state index is 12.6. The minimum atomic E-state index is -0.655. The van der Waals surface area contributed by atoms with E-state index in [1.54, 1.807) is 44.2 Å². The number of nitrogens with zero attached hydrogens (tertiary/aromatic N) is 1. The van der Waals surface area contributed by atoms with E-state index in [9.17, 15) is 19.2 Å². The van der Waals surface area contributed by atoms with Crippen molar-refractivity contribution < 1.29 is 19.1 Å². The monoisotopic (exact) mass is 418 g/mol. The molecule has 0 aliphatic carbocycles. The molecule has 29 heavy (non-hydrogen) atoms. The van der Waals surface area contributed by atoms with E-state index in [4.69, 9.17) is 4.74 Å². The van der Waals surface area contributed by atoms with Crippen molar-refractivity contribution in [1.29, 1.82) is 0 Å². The van der Waals surface area contributed by atoms with Crippen molar-refractivity contribution in [2.75, 3.05) is 17.7 Å². The lowest BCUT2D eigenvalue weighted by Crippen LogP contribution is -2.26. The van der Waals surface area contributed by atoms with Gasteiger partial charge >= 0.3 is 5.97 Å². The van der Waals surface area contributed by atoms with Crippen molar-refractivity contribution in [2.45, 2.75) is 37.1 Å². The molecule has 9 nitrogen and oxygen atoms in total. The molecule has 0 fully saturated rings. The van der Waals surface area contributed by atoms with Gasteiger partial charge in [-0.05, 0) is 18.6 Å². The molecule has 1 heterocycles. The van der Waals surface area contributed by atoms with Gasteiger partial charge in [0, 0.05) is 12.0 Å². The molecule has 1 aromatic carbocycles. The Kier molecular flexibility index (Phi) is 7.96. The number of anilines is 2. The van der Waals surface area contributed by atoms with E-state index in [-0.39, 0.29) is 29.0 Å². The van der Waals surface area contributed by atoms with Crippen LogP contribution in [0.2, 0.25) is 0 Å². The third kappa shape index (κ3) is 5.92. The lowest BCUT2D eigenvalue weighted by atomic mass is 10.2. The SMILES string of the molecule is CCC(=O)Nc1nc(S[C@H](CC)C(=O)OC)[nH]c(=O)c1NC(=O)c1ccccc1. The molecule has 154 valence electrons. The Labute approximate surface area is 171 Å². The average Bonchev–Trinajstić information content (AvgIpc) is 2.74. The fourth-order valence-corrected chi connectivity index (χ4v) is 3.20. The van der Waals surface area contributed by atoms with Crippen LogP contribution in [-0.2, 0) is 14.3 Å². The number of hydrogen-bond acceptors (Lipinski definition) is 7. The maximum Gasteiger partial charge on any atom is 0.319 e. The number of amides is 2. The number of rotatable bonds is 8. The number of methoxy groups -OCH3 is 1. The molecule has 1 aromatic heterocycles. The van der Waals surface area contributed by atoms with Crippen LogP contribution in [0, 0.1) is 0 Å². The lowest BCUT2D eigenvalue weighted by molar-refractivity contribution is -0.140. The van der Waals surface area contributed by atoms with Gasteiger partial charge in [0.05, 0.1) is 7.11 Å². The summed E-state index contributed by atoms with van der Waals surface area (Å²) in [5.74, 6) is -1.45. The van der Waals surface area contributed by atoms with Gasteiger partial charge in [-0.1, -0.05) is 43.8 Å². The predicted molar refractivity (Wildman–Crippen MR) is 110 cm³/mol. The molecule has 0 saturated carbocycles. The summed E-state index contributed by atoms with van der Waals surface area (Å²) in [6, 6.07) is 8.32. The van der Waals surface area contributed by atoms with E-state index in [2.05, 4.69) is 20.6 Å². The molecule has 1 atom stereocenters. The zero-order valence-corrected chi connectivity index (χ0v) is 17.1. The number of hydrogen-bond donors (Lipinski definition) is 3. The highest BCUT2D eigenvalue weighted by Gasteiger charge is 2.22. The minimum absolute atomic E-state index is 0.0906. The van der Waals surface area contributed by atoms with Gasteiger partial charge in [-0.3, -0.25) is 24.2 Å². The summed E-state index contributed by atoms with van der Waals surface area (Å²) in [6.45, 7) is 3.44. The lowest BCUT2D eigenvalue weighted by Gasteiger charge is -2.14. The molecule has 0 aliphatic rings. The molecule has 0 spiro atoms. The van der Waals surface area contributed by atoms with Gasteiger partial charge in [0.2, 0.25) is 5.91 Å². The van der Waals surface area contributed by atoms with Gasteiger partial charge in [-0.2, -0.15) is 0 Å². The summed E-state index contributed by atoms with van der Waals surface area (Å²) < 4.78 is 4.74. The predicted octanol–water partition coefficient (Wildman–Crippen LogP) is 2.41. The summed E-state index contributed by atoms with van der Waals surface area (Å²) in [5, 5.41) is 4.55. The Hall–Kier alpha value is -3.14. The van der Waals surface area contributed by atoms with Crippen LogP contribution in [0.1, 0.15) is 37.0 Å². The quantitative estimate of drug-likeness (QED) is 0.341. The molecule has 2 amide bonds. The van der Waals surface area contributed by atoms with Gasteiger partial charge < -0.3 is 15.4 Å². The van der Waals surface area contributed by atoms with Crippen molar-refractivity contribution in [1.82, 2.24) is 9.97 Å². The number of aromatic nitrogens is 2. The van der Waals surface area contributed by atoms with Gasteiger partial charge in [0.15, 0.2) is 16.7 Å². The van der Waals surface area contributed by atoms with Crippen LogP contribution < -0.4 is 16.2 Å². The average molecular weight is 418 g/mol. The molecule has 0 radical (unpaired) electrons. The fourth-order valence-electron chi connectivity index (χ4n) is 2.27. The van der Waals surface area contributed by atoms with Crippen molar-refractivity contribution in [3.05, 3.63) is 46.2 Å². The third-order valence-electron chi connectivity index (χ3n) is 3.84. The molecule has 0 aliphatic heterocycles. The second-order valence-electron chi connectivity index (χ2n) is 5.85. The molecule has 0 saturated heterocycles. The highest BCUT2D eigenvalue weighted by atomic mass is 32.2. The molecule has 3 N–H and O–H groups in total. The minimum Gasteiger partial charge on any atom is -0.468 e. The van der Waals surface area contributed by atoms with Crippen LogP contribution in [0.5, 0.6) is 0 Å². The van der Waals surface area contributed by atoms with E-state index in [1.807, 2.05) is 0 Å². The Balaban J connectivity index is 2.39. The van der Waals surface area contributed by atoms with Crippen molar-refractivity contribution in [3.63, 3.8) is 0 Å². The van der Waals surface area contributed by atoms with Crippen molar-refractivity contribution >= 4 is 41.1 Å². The number of aromatic amines is 1. The number of ether oxygens (including phenoxy) is 1. The van der Waals surface area contributed by atoms with E-state index in [0.717, 1.165) is 11.8 Å². The Morgan fingerprint density at radius 3 is 2.45 bits per heavy atom. The molecule has 2 aromatic rings. The Morgan fingerprint density at radius 1 is 1.17 bits per heavy atom. The van der Waals surface area contributed by atoms with Gasteiger partial charge in [-0.15, -0.1) is 0 Å². The summed E-state index contributed by atoms with van der Waals surface area (Å²) in [5.41, 5.74) is -0.496. The molecular formula is C19H22N4O5S. The van der Waals surface area contributed by atoms with E-state index < -0.39 is 22.7 Å². The second kappa shape index (κ2) is 10.4. The van der Waals surface area contributed by atoms with Crippen LogP contribution in [0.25, 0.3) is 0 Å². The Bertz CT molecular complexity index is 945. The topological polar surface area (TPSA) is 130 Å².